The third-order valence-corrected chi connectivity index (χ3v) is 6.68. The van der Waals surface area contributed by atoms with Crippen LogP contribution in [0.5, 0.6) is 0 Å². The van der Waals surface area contributed by atoms with E-state index in [1.54, 1.807) is 25.1 Å². The molecule has 0 saturated heterocycles. The first kappa shape index (κ1) is 26.2. The number of sulfonamides is 1. The van der Waals surface area contributed by atoms with Gasteiger partial charge in [-0.2, -0.15) is 0 Å². The summed E-state index contributed by atoms with van der Waals surface area (Å²) in [5.41, 5.74) is 4.51. The molecule has 3 rings (SSSR count). The van der Waals surface area contributed by atoms with Crippen LogP contribution in [0.3, 0.4) is 0 Å². The number of amides is 1. The summed E-state index contributed by atoms with van der Waals surface area (Å²) in [6.07, 6.45) is 0. The van der Waals surface area contributed by atoms with E-state index in [0.29, 0.717) is 23.5 Å². The number of nitrogens with zero attached hydrogens (tertiary/aromatic N) is 1. The summed E-state index contributed by atoms with van der Waals surface area (Å²) >= 11 is 0. The maximum Gasteiger partial charge on any atom is 0.340 e. The van der Waals surface area contributed by atoms with Gasteiger partial charge >= 0.3 is 5.97 Å². The van der Waals surface area contributed by atoms with E-state index < -0.39 is 28.5 Å². The number of carbonyl (C=O) groups is 2. The van der Waals surface area contributed by atoms with Gasteiger partial charge in [-0.3, -0.25) is 4.79 Å². The number of aromatic nitrogens is 1. The van der Waals surface area contributed by atoms with Crippen LogP contribution in [0.15, 0.2) is 59.5 Å². The lowest BCUT2D eigenvalue weighted by molar-refractivity contribution is -0.119. The highest BCUT2D eigenvalue weighted by molar-refractivity contribution is 7.89. The third-order valence-electron chi connectivity index (χ3n) is 5.76. The van der Waals surface area contributed by atoms with Gasteiger partial charge in [0.25, 0.3) is 5.91 Å². The molecule has 0 fully saturated rings. The number of benzene rings is 2. The maximum absolute atomic E-state index is 12.7. The van der Waals surface area contributed by atoms with Crippen LogP contribution in [0.4, 0.5) is 5.69 Å². The van der Waals surface area contributed by atoms with Crippen LogP contribution in [0.2, 0.25) is 0 Å². The number of nitrogens with one attached hydrogen (secondary N) is 1. The molecule has 35 heavy (non-hydrogen) atoms. The van der Waals surface area contributed by atoms with Gasteiger partial charge in [0.15, 0.2) is 6.61 Å². The predicted molar refractivity (Wildman–Crippen MR) is 135 cm³/mol. The Labute approximate surface area is 206 Å². The molecule has 8 nitrogen and oxygen atoms in total. The summed E-state index contributed by atoms with van der Waals surface area (Å²) in [7, 11) is -3.76. The molecule has 2 aromatic carbocycles. The van der Waals surface area contributed by atoms with Gasteiger partial charge < -0.3 is 14.6 Å². The van der Waals surface area contributed by atoms with E-state index in [1.807, 2.05) is 35.8 Å². The first-order valence-corrected chi connectivity index (χ1v) is 12.7. The maximum atomic E-state index is 12.7. The van der Waals surface area contributed by atoms with Crippen LogP contribution < -0.4 is 10.5 Å². The Morgan fingerprint density at radius 1 is 1.00 bits per heavy atom. The number of hydrogen-bond acceptors (Lipinski definition) is 5. The Hall–Kier alpha value is -3.43. The van der Waals surface area contributed by atoms with Crippen molar-refractivity contribution < 1.29 is 22.7 Å². The highest BCUT2D eigenvalue weighted by Crippen LogP contribution is 2.23. The van der Waals surface area contributed by atoms with Crippen LogP contribution in [0.1, 0.15) is 53.6 Å². The van der Waals surface area contributed by atoms with Crippen LogP contribution in [-0.4, -0.2) is 31.5 Å². The van der Waals surface area contributed by atoms with Gasteiger partial charge in [-0.1, -0.05) is 45.0 Å². The van der Waals surface area contributed by atoms with Gasteiger partial charge in [-0.25, -0.2) is 18.4 Å². The molecule has 0 atom stereocenters. The van der Waals surface area contributed by atoms with Crippen molar-refractivity contribution in [3.05, 3.63) is 82.7 Å². The minimum Gasteiger partial charge on any atom is -0.452 e. The zero-order chi connectivity index (χ0) is 26.0. The molecule has 3 aromatic rings. The molecule has 3 N–H and O–H groups in total. The summed E-state index contributed by atoms with van der Waals surface area (Å²) in [5, 5.41) is 7.88. The zero-order valence-electron chi connectivity index (χ0n) is 20.6. The lowest BCUT2D eigenvalue weighted by Gasteiger charge is -2.19. The predicted octanol–water partition coefficient (Wildman–Crippen LogP) is 3.89. The van der Waals surface area contributed by atoms with Gasteiger partial charge in [-0.05, 0) is 60.7 Å². The molecule has 186 valence electrons. The highest BCUT2D eigenvalue weighted by atomic mass is 32.2. The van der Waals surface area contributed by atoms with Crippen molar-refractivity contribution in [2.75, 3.05) is 11.9 Å². The Balaban J connectivity index is 1.62. The van der Waals surface area contributed by atoms with E-state index in [1.165, 1.54) is 12.1 Å². The standard InChI is InChI=1S/C26H31N3O5S/c1-17-14-23(18(2)29(17)15-19-6-12-22(13-7-19)35(27,32)33)25(31)34-16-24(30)28-21-10-8-20(9-11-21)26(3,4)5/h6-14H,15-16H2,1-5H3,(H,28,30)(H2,27,32,33). The normalized spacial score (nSPS) is 11.8. The van der Waals surface area contributed by atoms with Crippen LogP contribution >= 0.6 is 0 Å². The number of rotatable bonds is 7. The van der Waals surface area contributed by atoms with Crippen molar-refractivity contribution in [1.29, 1.82) is 0 Å². The number of carbonyl (C=O) groups excluding carboxylic acids is 2. The number of primary sulfonamides is 1. The number of ether oxygens (including phenoxy) is 1. The smallest absolute Gasteiger partial charge is 0.340 e. The van der Waals surface area contributed by atoms with Crippen molar-refractivity contribution in [3.8, 4) is 0 Å². The monoisotopic (exact) mass is 497 g/mol. The van der Waals surface area contributed by atoms with Crippen molar-refractivity contribution in [3.63, 3.8) is 0 Å². The number of aryl methyl sites for hydroxylation is 1. The van der Waals surface area contributed by atoms with E-state index in [9.17, 15) is 18.0 Å². The second-order valence-corrected chi connectivity index (χ2v) is 11.1. The summed E-state index contributed by atoms with van der Waals surface area (Å²) < 4.78 is 30.0. The molecule has 9 heteroatoms. The van der Waals surface area contributed by atoms with E-state index in [4.69, 9.17) is 9.88 Å². The molecule has 0 aliphatic heterocycles. The Morgan fingerprint density at radius 3 is 2.14 bits per heavy atom. The molecular formula is C26H31N3O5S. The van der Waals surface area contributed by atoms with Crippen molar-refractivity contribution in [2.45, 2.75) is 51.5 Å². The first-order valence-electron chi connectivity index (χ1n) is 11.1. The molecule has 0 aliphatic carbocycles. The van der Waals surface area contributed by atoms with Crippen molar-refractivity contribution in [1.82, 2.24) is 4.57 Å². The quantitative estimate of drug-likeness (QED) is 0.480. The largest absolute Gasteiger partial charge is 0.452 e. The van der Waals surface area contributed by atoms with Gasteiger partial charge in [0, 0.05) is 23.6 Å². The van der Waals surface area contributed by atoms with Gasteiger partial charge in [0.2, 0.25) is 10.0 Å². The molecule has 0 aliphatic rings. The van der Waals surface area contributed by atoms with Crippen LogP contribution in [-0.2, 0) is 31.5 Å². The summed E-state index contributed by atoms with van der Waals surface area (Å²) in [4.78, 5) is 25.0. The van der Waals surface area contributed by atoms with Gasteiger partial charge in [-0.15, -0.1) is 0 Å². The number of hydrogen-bond donors (Lipinski definition) is 2. The second-order valence-electron chi connectivity index (χ2n) is 9.51. The van der Waals surface area contributed by atoms with E-state index in [0.717, 1.165) is 16.8 Å². The third kappa shape index (κ3) is 6.58. The topological polar surface area (TPSA) is 120 Å². The fourth-order valence-electron chi connectivity index (χ4n) is 3.68. The summed E-state index contributed by atoms with van der Waals surface area (Å²) in [5.74, 6) is -1.02. The van der Waals surface area contributed by atoms with Crippen molar-refractivity contribution in [2.24, 2.45) is 5.14 Å². The molecule has 0 saturated carbocycles. The molecule has 1 heterocycles. The van der Waals surface area contributed by atoms with Gasteiger partial charge in [0.1, 0.15) is 0 Å². The fourth-order valence-corrected chi connectivity index (χ4v) is 4.19. The van der Waals surface area contributed by atoms with E-state index >= 15 is 0 Å². The Bertz CT molecular complexity index is 1330. The second kappa shape index (κ2) is 10.1. The molecule has 0 spiro atoms. The number of nitrogens with two attached hydrogens (primary N) is 1. The molecule has 0 unspecified atom stereocenters. The minimum absolute atomic E-state index is 0.0129. The lowest BCUT2D eigenvalue weighted by atomic mass is 9.87. The van der Waals surface area contributed by atoms with E-state index in [-0.39, 0.29) is 10.3 Å². The zero-order valence-corrected chi connectivity index (χ0v) is 21.4. The summed E-state index contributed by atoms with van der Waals surface area (Å²) in [6, 6.07) is 15.5. The highest BCUT2D eigenvalue weighted by Gasteiger charge is 2.19. The average Bonchev–Trinajstić information content (AvgIpc) is 3.05. The van der Waals surface area contributed by atoms with Crippen LogP contribution in [0, 0.1) is 13.8 Å². The molecular weight excluding hydrogens is 466 g/mol. The fraction of sp³-hybridized carbons (Fsp3) is 0.308. The Kier molecular flexibility index (Phi) is 7.52. The SMILES string of the molecule is Cc1cc(C(=O)OCC(=O)Nc2ccc(C(C)(C)C)cc2)c(C)n1Cc1ccc(S(N)(=O)=O)cc1. The number of esters is 1. The molecule has 1 aromatic heterocycles. The first-order chi connectivity index (χ1) is 16.3. The molecule has 0 bridgehead atoms. The summed E-state index contributed by atoms with van der Waals surface area (Å²) in [6.45, 7) is 10.0. The average molecular weight is 498 g/mol. The van der Waals surface area contributed by atoms with Gasteiger partial charge in [0.05, 0.1) is 10.5 Å². The van der Waals surface area contributed by atoms with E-state index in [2.05, 4.69) is 26.1 Å². The molecule has 1 amide bonds. The Morgan fingerprint density at radius 2 is 1.60 bits per heavy atom. The van der Waals surface area contributed by atoms with Crippen LogP contribution in [0.25, 0.3) is 0 Å². The minimum atomic E-state index is -3.76. The van der Waals surface area contributed by atoms with Crippen molar-refractivity contribution >= 4 is 27.6 Å². The number of anilines is 1. The lowest BCUT2D eigenvalue weighted by Crippen LogP contribution is -2.21. The molecule has 0 radical (unpaired) electrons.